The molecule has 1 aromatic carbocycles. The molecule has 3 heterocycles. The zero-order valence-corrected chi connectivity index (χ0v) is 31.5. The fourth-order valence-electron chi connectivity index (χ4n) is 4.58. The van der Waals surface area contributed by atoms with Crippen molar-refractivity contribution in [3.05, 3.63) is 120 Å². The lowest BCUT2D eigenvalue weighted by molar-refractivity contribution is 0.361. The Hall–Kier alpha value is -4.00. The third-order valence-corrected chi connectivity index (χ3v) is 6.17. The minimum Gasteiger partial charge on any atom is -0.456 e. The van der Waals surface area contributed by atoms with Crippen molar-refractivity contribution in [2.75, 3.05) is 5.32 Å². The standard InChI is InChI=1S/C16H13NO.C14H20N2.5C2H6.H4N2/c1-10-4-2-6-13-14(17-10)9-8-12-11-5-3-7-15(11)18-16(12)13;1-6-14-12(4)10-11(3)8-9-13(5)16(14)15-7-2;6*1-2/h2-4,7-9,17H,1,5-6H2;7-10,15H,2,5-6H2,1,3-4H3;5*1-2H3;1-2H2/b;9-8-,11-10-,14-12-;;;;;;. The number of hydrogen-bond acceptors (Lipinski definition) is 6. The second-order valence-electron chi connectivity index (χ2n) is 8.64. The van der Waals surface area contributed by atoms with Gasteiger partial charge in [0.15, 0.2) is 0 Å². The average Bonchev–Trinajstić information content (AvgIpc) is 3.66. The SMILES string of the molecule is C=C1C=CCc2c(ccc3c4c(oc23)C=CC4)N1.C=CNN1C(=C)\C=C/C(C)=C\C(C)=C/1CC.CC.CC.CC.CC.CC.NN. The molecule has 0 radical (unpaired) electrons. The zero-order valence-electron chi connectivity index (χ0n) is 31.5. The van der Waals surface area contributed by atoms with Crippen molar-refractivity contribution in [2.45, 2.75) is 109 Å². The van der Waals surface area contributed by atoms with Crippen LogP contribution in [0.1, 0.15) is 113 Å². The van der Waals surface area contributed by atoms with Gasteiger partial charge in [-0.1, -0.05) is 126 Å². The second kappa shape index (κ2) is 28.5. The number of nitrogens with one attached hydrogen (secondary N) is 2. The zero-order chi connectivity index (χ0) is 36.2. The lowest BCUT2D eigenvalue weighted by Crippen LogP contribution is -2.32. The first kappa shape index (κ1) is 46.4. The lowest BCUT2D eigenvalue weighted by atomic mass is 10.0. The van der Waals surface area contributed by atoms with Crippen LogP contribution in [0.5, 0.6) is 0 Å². The van der Waals surface area contributed by atoms with Crippen LogP contribution in [-0.4, -0.2) is 5.01 Å². The number of anilines is 1. The Balaban J connectivity index is -0.000000610. The maximum atomic E-state index is 6.01. The summed E-state index contributed by atoms with van der Waals surface area (Å²) in [6.07, 6.45) is 19.1. The summed E-state index contributed by atoms with van der Waals surface area (Å²) in [5, 5.41) is 6.54. The van der Waals surface area contributed by atoms with E-state index < -0.39 is 0 Å². The van der Waals surface area contributed by atoms with Crippen LogP contribution in [0, 0.1) is 0 Å². The fraction of sp³-hybridized carbons (Fsp3) is 0.400. The number of allylic oxidation sites excluding steroid dienone is 9. The van der Waals surface area contributed by atoms with Gasteiger partial charge in [-0.2, -0.15) is 0 Å². The van der Waals surface area contributed by atoms with Gasteiger partial charge in [-0.15, -0.1) is 0 Å². The van der Waals surface area contributed by atoms with E-state index in [1.54, 1.807) is 6.20 Å². The number of furan rings is 1. The Morgan fingerprint density at radius 2 is 1.41 bits per heavy atom. The molecular formula is C40H67N5O. The fourth-order valence-corrected chi connectivity index (χ4v) is 4.58. The largest absolute Gasteiger partial charge is 0.456 e. The topological polar surface area (TPSA) is 92.5 Å². The maximum absolute atomic E-state index is 6.01. The summed E-state index contributed by atoms with van der Waals surface area (Å²) < 4.78 is 6.01. The smallest absolute Gasteiger partial charge is 0.140 e. The Labute approximate surface area is 283 Å². The normalized spacial score (nSPS) is 16.5. The molecule has 5 rings (SSSR count). The van der Waals surface area contributed by atoms with Crippen molar-refractivity contribution in [3.63, 3.8) is 0 Å². The van der Waals surface area contributed by atoms with Crippen LogP contribution < -0.4 is 22.4 Å². The van der Waals surface area contributed by atoms with Gasteiger partial charge in [0, 0.05) is 39.8 Å². The van der Waals surface area contributed by atoms with Crippen molar-refractivity contribution < 1.29 is 4.42 Å². The molecule has 1 aromatic heterocycles. The van der Waals surface area contributed by atoms with E-state index >= 15 is 0 Å². The predicted molar refractivity (Wildman–Crippen MR) is 210 cm³/mol. The minimum atomic E-state index is 0.884. The summed E-state index contributed by atoms with van der Waals surface area (Å²) in [5.74, 6) is 9.02. The first-order valence-corrected chi connectivity index (χ1v) is 17.0. The van der Waals surface area contributed by atoms with Gasteiger partial charge in [0.1, 0.15) is 11.3 Å². The van der Waals surface area contributed by atoms with E-state index in [2.05, 4.69) is 105 Å². The van der Waals surface area contributed by atoms with Crippen LogP contribution in [0.3, 0.4) is 0 Å². The van der Waals surface area contributed by atoms with Gasteiger partial charge in [0.2, 0.25) is 0 Å². The third-order valence-electron chi connectivity index (χ3n) is 6.17. The van der Waals surface area contributed by atoms with Crippen molar-refractivity contribution >= 4 is 22.7 Å². The number of rotatable bonds is 3. The summed E-state index contributed by atoms with van der Waals surface area (Å²) in [6.45, 7) is 38.1. The van der Waals surface area contributed by atoms with Crippen molar-refractivity contribution in [3.8, 4) is 0 Å². The first-order valence-electron chi connectivity index (χ1n) is 17.0. The maximum Gasteiger partial charge on any atom is 0.140 e. The van der Waals surface area contributed by atoms with Gasteiger partial charge in [0.05, 0.1) is 5.70 Å². The summed E-state index contributed by atoms with van der Waals surface area (Å²) >= 11 is 0. The Morgan fingerprint density at radius 3 is 1.98 bits per heavy atom. The van der Waals surface area contributed by atoms with Gasteiger partial charge < -0.3 is 15.2 Å². The highest BCUT2D eigenvalue weighted by molar-refractivity contribution is 5.92. The Kier molecular flexibility index (Phi) is 28.7. The molecule has 0 unspecified atom stereocenters. The van der Waals surface area contributed by atoms with Crippen LogP contribution in [0.4, 0.5) is 5.69 Å². The molecule has 3 aliphatic rings. The predicted octanol–water partition coefficient (Wildman–Crippen LogP) is 11.6. The number of nitrogens with zero attached hydrogens (tertiary/aromatic N) is 1. The summed E-state index contributed by atoms with van der Waals surface area (Å²) in [4.78, 5) is 0. The van der Waals surface area contributed by atoms with Crippen molar-refractivity contribution in [1.29, 1.82) is 0 Å². The van der Waals surface area contributed by atoms with E-state index in [4.69, 9.17) is 4.42 Å². The number of hydrazine groups is 2. The summed E-state index contributed by atoms with van der Waals surface area (Å²) in [7, 11) is 0. The van der Waals surface area contributed by atoms with Crippen molar-refractivity contribution in [1.82, 2.24) is 10.4 Å². The van der Waals surface area contributed by atoms with E-state index in [0.29, 0.717) is 0 Å². The molecule has 6 heteroatoms. The summed E-state index contributed by atoms with van der Waals surface area (Å²) in [5.41, 5.74) is 13.3. The van der Waals surface area contributed by atoms with E-state index in [0.717, 1.165) is 47.7 Å². The molecule has 6 nitrogen and oxygen atoms in total. The van der Waals surface area contributed by atoms with E-state index in [9.17, 15) is 0 Å². The molecule has 0 bridgehead atoms. The third kappa shape index (κ3) is 13.6. The Bertz CT molecular complexity index is 1320. The molecule has 258 valence electrons. The molecule has 0 saturated carbocycles. The van der Waals surface area contributed by atoms with Crippen LogP contribution in [0.2, 0.25) is 0 Å². The second-order valence-corrected chi connectivity index (χ2v) is 8.64. The van der Waals surface area contributed by atoms with Crippen LogP contribution >= 0.6 is 0 Å². The molecule has 0 saturated heterocycles. The van der Waals surface area contributed by atoms with Gasteiger partial charge in [-0.25, -0.2) is 0 Å². The van der Waals surface area contributed by atoms with Crippen LogP contribution in [-0.2, 0) is 12.8 Å². The monoisotopic (exact) mass is 634 g/mol. The van der Waals surface area contributed by atoms with Gasteiger partial charge in [0.25, 0.3) is 0 Å². The highest BCUT2D eigenvalue weighted by Crippen LogP contribution is 2.37. The molecule has 2 aliphatic heterocycles. The molecule has 1 aliphatic carbocycles. The highest BCUT2D eigenvalue weighted by Gasteiger charge is 2.20. The lowest BCUT2D eigenvalue weighted by Gasteiger charge is -2.29. The van der Waals surface area contributed by atoms with E-state index in [-0.39, 0.29) is 0 Å². The molecule has 46 heavy (non-hydrogen) atoms. The molecule has 6 N–H and O–H groups in total. The molecule has 2 aromatic rings. The van der Waals surface area contributed by atoms with Crippen LogP contribution in [0.15, 0.2) is 107 Å². The molecule has 0 fully saturated rings. The quantitative estimate of drug-likeness (QED) is 0.198. The molecular weight excluding hydrogens is 566 g/mol. The number of fused-ring (bicyclic) bond motifs is 5. The molecule has 0 amide bonds. The highest BCUT2D eigenvalue weighted by atomic mass is 16.3. The minimum absolute atomic E-state index is 0.884. The molecule has 0 atom stereocenters. The Morgan fingerprint density at radius 1 is 0.848 bits per heavy atom. The molecule has 0 spiro atoms. The number of nitrogens with two attached hydrogens (primary N) is 2. The van der Waals surface area contributed by atoms with Gasteiger partial charge >= 0.3 is 0 Å². The van der Waals surface area contributed by atoms with Crippen molar-refractivity contribution in [2.24, 2.45) is 11.7 Å². The van der Waals surface area contributed by atoms with E-state index in [1.165, 1.54) is 33.4 Å². The summed E-state index contributed by atoms with van der Waals surface area (Å²) in [6, 6.07) is 4.28. The van der Waals surface area contributed by atoms with Gasteiger partial charge in [-0.05, 0) is 69.0 Å². The number of hydrogen-bond donors (Lipinski definition) is 4. The van der Waals surface area contributed by atoms with Crippen LogP contribution in [0.25, 0.3) is 17.0 Å². The first-order chi connectivity index (χ1) is 22.4. The average molecular weight is 634 g/mol. The number of benzene rings is 1. The van der Waals surface area contributed by atoms with E-state index in [1.807, 2.05) is 86.4 Å². The van der Waals surface area contributed by atoms with Gasteiger partial charge in [-0.3, -0.25) is 16.7 Å².